The summed E-state index contributed by atoms with van der Waals surface area (Å²) in [5.41, 5.74) is 0. The number of amides is 1. The lowest BCUT2D eigenvalue weighted by Crippen LogP contribution is -2.47. The molecule has 0 spiro atoms. The number of hydrogen-bond donors (Lipinski definition) is 2. The molecule has 0 atom stereocenters. The first-order valence-electron chi connectivity index (χ1n) is 6.99. The fourth-order valence-electron chi connectivity index (χ4n) is 1.94. The normalized spacial score (nSPS) is 17.4. The first-order chi connectivity index (χ1) is 8.59. The van der Waals surface area contributed by atoms with E-state index in [9.17, 15) is 4.79 Å². The molecule has 0 saturated carbocycles. The molecular weight excluding hydrogens is 228 g/mol. The van der Waals surface area contributed by atoms with Gasteiger partial charge in [0, 0.05) is 38.8 Å². The zero-order valence-electron chi connectivity index (χ0n) is 12.0. The van der Waals surface area contributed by atoms with E-state index < -0.39 is 0 Å². The van der Waals surface area contributed by atoms with Crippen LogP contribution in [0.25, 0.3) is 0 Å². The number of hydrogen-bond acceptors (Lipinski definition) is 4. The molecule has 0 radical (unpaired) electrons. The number of carbonyl (C=O) groups is 1. The van der Waals surface area contributed by atoms with Crippen LogP contribution in [0.3, 0.4) is 0 Å². The topological polar surface area (TPSA) is 47.6 Å². The molecule has 0 aromatic carbocycles. The Bertz CT molecular complexity index is 239. The van der Waals surface area contributed by atoms with Crippen LogP contribution in [-0.4, -0.2) is 74.6 Å². The van der Waals surface area contributed by atoms with Crippen LogP contribution in [0.2, 0.25) is 0 Å². The van der Waals surface area contributed by atoms with Crippen molar-refractivity contribution in [3.63, 3.8) is 0 Å². The molecule has 5 nitrogen and oxygen atoms in total. The second-order valence-electron chi connectivity index (χ2n) is 5.30. The third kappa shape index (κ3) is 6.33. The van der Waals surface area contributed by atoms with Crippen molar-refractivity contribution in [2.45, 2.75) is 26.3 Å². The quantitative estimate of drug-likeness (QED) is 0.616. The van der Waals surface area contributed by atoms with Crippen molar-refractivity contribution in [1.82, 2.24) is 20.4 Å². The van der Waals surface area contributed by atoms with Crippen LogP contribution in [0.1, 0.15) is 20.3 Å². The van der Waals surface area contributed by atoms with Crippen molar-refractivity contribution in [3.05, 3.63) is 0 Å². The molecule has 0 aromatic rings. The lowest BCUT2D eigenvalue weighted by Gasteiger charge is -2.26. The van der Waals surface area contributed by atoms with Crippen molar-refractivity contribution in [2.24, 2.45) is 0 Å². The van der Waals surface area contributed by atoms with Gasteiger partial charge in [0.1, 0.15) is 0 Å². The van der Waals surface area contributed by atoms with E-state index in [1.807, 2.05) is 0 Å². The van der Waals surface area contributed by atoms with E-state index in [0.29, 0.717) is 12.6 Å². The molecular formula is C13H28N4O. The van der Waals surface area contributed by atoms with Crippen LogP contribution in [0.15, 0.2) is 0 Å². The fraction of sp³-hybridized carbons (Fsp3) is 0.923. The summed E-state index contributed by atoms with van der Waals surface area (Å²) in [5.74, 6) is 0.157. The van der Waals surface area contributed by atoms with Gasteiger partial charge in [-0.15, -0.1) is 0 Å². The fourth-order valence-corrected chi connectivity index (χ4v) is 1.94. The van der Waals surface area contributed by atoms with Gasteiger partial charge in [-0.05, 0) is 33.9 Å². The van der Waals surface area contributed by atoms with E-state index >= 15 is 0 Å². The summed E-state index contributed by atoms with van der Waals surface area (Å²) in [5, 5.41) is 6.28. The van der Waals surface area contributed by atoms with Crippen LogP contribution < -0.4 is 10.6 Å². The van der Waals surface area contributed by atoms with E-state index in [0.717, 1.165) is 45.7 Å². The molecule has 1 fully saturated rings. The average molecular weight is 256 g/mol. The maximum Gasteiger partial charge on any atom is 0.234 e. The van der Waals surface area contributed by atoms with Gasteiger partial charge in [0.2, 0.25) is 5.91 Å². The highest BCUT2D eigenvalue weighted by Crippen LogP contribution is 1.94. The monoisotopic (exact) mass is 256 g/mol. The van der Waals surface area contributed by atoms with Crippen molar-refractivity contribution < 1.29 is 4.79 Å². The van der Waals surface area contributed by atoms with Crippen LogP contribution in [0, 0.1) is 0 Å². The Labute approximate surface area is 111 Å². The number of rotatable bonds is 7. The number of piperazine rings is 1. The zero-order valence-corrected chi connectivity index (χ0v) is 12.0. The maximum absolute atomic E-state index is 11.7. The van der Waals surface area contributed by atoms with Crippen LogP contribution >= 0.6 is 0 Å². The first kappa shape index (κ1) is 15.4. The van der Waals surface area contributed by atoms with Crippen molar-refractivity contribution in [3.8, 4) is 0 Å². The number of nitrogens with one attached hydrogen (secondary N) is 2. The summed E-state index contributed by atoms with van der Waals surface area (Å²) in [6.07, 6.45) is 1.02. The predicted octanol–water partition coefficient (Wildman–Crippen LogP) is -0.262. The number of carbonyl (C=O) groups excluding carboxylic acids is 1. The molecule has 106 valence electrons. The van der Waals surface area contributed by atoms with E-state index in [1.165, 1.54) is 0 Å². The van der Waals surface area contributed by atoms with Crippen molar-refractivity contribution in [1.29, 1.82) is 0 Å². The van der Waals surface area contributed by atoms with Crippen LogP contribution in [0.4, 0.5) is 0 Å². The van der Waals surface area contributed by atoms with Gasteiger partial charge in [0.05, 0.1) is 6.54 Å². The van der Waals surface area contributed by atoms with E-state index in [-0.39, 0.29) is 5.91 Å². The minimum Gasteiger partial charge on any atom is -0.355 e. The third-order valence-corrected chi connectivity index (χ3v) is 3.47. The molecule has 1 aliphatic rings. The summed E-state index contributed by atoms with van der Waals surface area (Å²) in [6.45, 7) is 10.7. The molecule has 1 saturated heterocycles. The van der Waals surface area contributed by atoms with Gasteiger partial charge in [-0.3, -0.25) is 9.69 Å². The van der Waals surface area contributed by atoms with E-state index in [1.54, 1.807) is 0 Å². The molecule has 1 rings (SSSR count). The minimum atomic E-state index is 0.157. The Kier molecular flexibility index (Phi) is 7.23. The summed E-state index contributed by atoms with van der Waals surface area (Å²) in [6, 6.07) is 0.571. The SMILES string of the molecule is CC(C)N(C)CCCNC(=O)CN1CCNCC1. The van der Waals surface area contributed by atoms with Gasteiger partial charge in [-0.1, -0.05) is 0 Å². The molecule has 1 heterocycles. The maximum atomic E-state index is 11.7. The predicted molar refractivity (Wildman–Crippen MR) is 74.7 cm³/mol. The molecule has 1 aliphatic heterocycles. The number of nitrogens with zero attached hydrogens (tertiary/aromatic N) is 2. The summed E-state index contributed by atoms with van der Waals surface area (Å²) >= 11 is 0. The largest absolute Gasteiger partial charge is 0.355 e. The zero-order chi connectivity index (χ0) is 13.4. The van der Waals surface area contributed by atoms with Gasteiger partial charge < -0.3 is 15.5 Å². The average Bonchev–Trinajstić information content (AvgIpc) is 2.35. The molecule has 0 aromatic heterocycles. The van der Waals surface area contributed by atoms with Gasteiger partial charge in [0.25, 0.3) is 0 Å². The minimum absolute atomic E-state index is 0.157. The Morgan fingerprint density at radius 1 is 1.39 bits per heavy atom. The van der Waals surface area contributed by atoms with Gasteiger partial charge in [-0.25, -0.2) is 0 Å². The standard InChI is InChI=1S/C13H28N4O/c1-12(2)16(3)8-4-5-15-13(18)11-17-9-6-14-7-10-17/h12,14H,4-11H2,1-3H3,(H,15,18). The van der Waals surface area contributed by atoms with Crippen LogP contribution in [0.5, 0.6) is 0 Å². The lowest BCUT2D eigenvalue weighted by atomic mass is 10.3. The molecule has 18 heavy (non-hydrogen) atoms. The highest BCUT2D eigenvalue weighted by molar-refractivity contribution is 5.77. The molecule has 1 amide bonds. The second kappa shape index (κ2) is 8.45. The third-order valence-electron chi connectivity index (χ3n) is 3.47. The Hall–Kier alpha value is -0.650. The molecule has 0 unspecified atom stereocenters. The van der Waals surface area contributed by atoms with Crippen molar-refractivity contribution >= 4 is 5.91 Å². The Morgan fingerprint density at radius 3 is 2.67 bits per heavy atom. The smallest absolute Gasteiger partial charge is 0.234 e. The first-order valence-corrected chi connectivity index (χ1v) is 6.99. The summed E-state index contributed by atoms with van der Waals surface area (Å²) in [7, 11) is 2.12. The highest BCUT2D eigenvalue weighted by atomic mass is 16.2. The second-order valence-corrected chi connectivity index (χ2v) is 5.30. The van der Waals surface area contributed by atoms with Gasteiger partial charge >= 0.3 is 0 Å². The van der Waals surface area contributed by atoms with Gasteiger partial charge in [0.15, 0.2) is 0 Å². The molecule has 5 heteroatoms. The van der Waals surface area contributed by atoms with E-state index in [2.05, 4.69) is 41.3 Å². The van der Waals surface area contributed by atoms with Crippen molar-refractivity contribution in [2.75, 3.05) is 52.9 Å². The summed E-state index contributed by atoms with van der Waals surface area (Å²) < 4.78 is 0. The van der Waals surface area contributed by atoms with E-state index in [4.69, 9.17) is 0 Å². The van der Waals surface area contributed by atoms with Gasteiger partial charge in [-0.2, -0.15) is 0 Å². The highest BCUT2D eigenvalue weighted by Gasteiger charge is 2.12. The Morgan fingerprint density at radius 2 is 2.06 bits per heavy atom. The lowest BCUT2D eigenvalue weighted by molar-refractivity contribution is -0.122. The molecule has 0 aliphatic carbocycles. The van der Waals surface area contributed by atoms with Crippen LogP contribution in [-0.2, 0) is 4.79 Å². The summed E-state index contributed by atoms with van der Waals surface area (Å²) in [4.78, 5) is 16.2. The molecule has 2 N–H and O–H groups in total. The molecule has 0 bridgehead atoms. The Balaban J connectivity index is 2.02.